The van der Waals surface area contributed by atoms with Crippen molar-refractivity contribution in [2.75, 3.05) is 18.4 Å². The van der Waals surface area contributed by atoms with Gasteiger partial charge in [-0.25, -0.2) is 0 Å². The van der Waals surface area contributed by atoms with Gasteiger partial charge in [-0.3, -0.25) is 9.78 Å². The monoisotopic (exact) mass is 269 g/mol. The van der Waals surface area contributed by atoms with Crippen LogP contribution in [-0.2, 0) is 4.79 Å². The number of nitrogens with one attached hydrogen (secondary N) is 2. The van der Waals surface area contributed by atoms with Crippen molar-refractivity contribution in [2.45, 2.75) is 13.8 Å². The van der Waals surface area contributed by atoms with E-state index in [2.05, 4.69) is 22.5 Å². The highest BCUT2D eigenvalue weighted by atomic mass is 16.1. The summed E-state index contributed by atoms with van der Waals surface area (Å²) in [5, 5.41) is 7.33. The van der Waals surface area contributed by atoms with Gasteiger partial charge in [0.25, 0.3) is 0 Å². The number of rotatable bonds is 2. The fourth-order valence-corrected chi connectivity index (χ4v) is 2.80. The minimum absolute atomic E-state index is 0.0437. The van der Waals surface area contributed by atoms with Crippen LogP contribution in [0, 0.1) is 18.8 Å². The lowest BCUT2D eigenvalue weighted by Gasteiger charge is -2.15. The molecule has 2 atom stereocenters. The van der Waals surface area contributed by atoms with Crippen LogP contribution in [0.2, 0.25) is 0 Å². The molecule has 2 heterocycles. The molecule has 1 fully saturated rings. The minimum atomic E-state index is 0.0437. The largest absolute Gasteiger partial charge is 0.325 e. The number of pyridine rings is 1. The third-order valence-corrected chi connectivity index (χ3v) is 3.96. The number of anilines is 1. The van der Waals surface area contributed by atoms with E-state index in [0.29, 0.717) is 5.92 Å². The van der Waals surface area contributed by atoms with Crippen LogP contribution < -0.4 is 10.6 Å². The van der Waals surface area contributed by atoms with Crippen molar-refractivity contribution in [3.8, 4) is 0 Å². The smallest absolute Gasteiger partial charge is 0.229 e. The van der Waals surface area contributed by atoms with Gasteiger partial charge in [0.2, 0.25) is 5.91 Å². The second-order valence-electron chi connectivity index (χ2n) is 5.56. The number of carbonyl (C=O) groups excluding carboxylic acids is 1. The second-order valence-corrected chi connectivity index (χ2v) is 5.56. The average Bonchev–Trinajstić information content (AvgIpc) is 2.85. The fourth-order valence-electron chi connectivity index (χ4n) is 2.80. The van der Waals surface area contributed by atoms with Gasteiger partial charge in [0, 0.05) is 17.6 Å². The standard InChI is InChI=1S/C16H19N3O/c1-10-8-17-9-13(10)16(20)19-15-7-11(2)18-14-6-4-3-5-12(14)15/h3-7,10,13,17H,8-9H2,1-2H3,(H,18,19,20)/t10-,13-/m1/s1. The topological polar surface area (TPSA) is 54.0 Å². The van der Waals surface area contributed by atoms with Crippen molar-refractivity contribution < 1.29 is 4.79 Å². The first-order chi connectivity index (χ1) is 9.65. The highest BCUT2D eigenvalue weighted by Crippen LogP contribution is 2.25. The van der Waals surface area contributed by atoms with Crippen LogP contribution in [0.5, 0.6) is 0 Å². The van der Waals surface area contributed by atoms with E-state index in [-0.39, 0.29) is 11.8 Å². The number of benzene rings is 1. The van der Waals surface area contributed by atoms with E-state index in [9.17, 15) is 4.79 Å². The number of para-hydroxylation sites is 1. The summed E-state index contributed by atoms with van der Waals surface area (Å²) in [6.45, 7) is 5.73. The van der Waals surface area contributed by atoms with Crippen molar-refractivity contribution in [1.29, 1.82) is 0 Å². The SMILES string of the molecule is Cc1cc(NC(=O)[C@@H]2CNC[C@H]2C)c2ccccc2n1. The summed E-state index contributed by atoms with van der Waals surface area (Å²) in [4.78, 5) is 16.9. The molecule has 1 saturated heterocycles. The van der Waals surface area contributed by atoms with Gasteiger partial charge in [0.05, 0.1) is 17.1 Å². The molecule has 0 bridgehead atoms. The zero-order valence-electron chi connectivity index (χ0n) is 11.8. The van der Waals surface area contributed by atoms with Crippen LogP contribution in [0.25, 0.3) is 10.9 Å². The number of aryl methyl sites for hydroxylation is 1. The molecule has 2 aromatic rings. The third-order valence-electron chi connectivity index (χ3n) is 3.96. The van der Waals surface area contributed by atoms with Gasteiger partial charge < -0.3 is 10.6 Å². The quantitative estimate of drug-likeness (QED) is 0.880. The average molecular weight is 269 g/mol. The molecule has 1 amide bonds. The summed E-state index contributed by atoms with van der Waals surface area (Å²) >= 11 is 0. The Hall–Kier alpha value is -1.94. The molecular formula is C16H19N3O. The highest BCUT2D eigenvalue weighted by Gasteiger charge is 2.29. The molecule has 1 aliphatic heterocycles. The van der Waals surface area contributed by atoms with Gasteiger partial charge >= 0.3 is 0 Å². The summed E-state index contributed by atoms with van der Waals surface area (Å²) in [7, 11) is 0. The van der Waals surface area contributed by atoms with Gasteiger partial charge in [-0.1, -0.05) is 25.1 Å². The zero-order chi connectivity index (χ0) is 14.1. The Kier molecular flexibility index (Phi) is 3.40. The number of aromatic nitrogens is 1. The lowest BCUT2D eigenvalue weighted by molar-refractivity contribution is -0.120. The highest BCUT2D eigenvalue weighted by molar-refractivity contribution is 6.02. The van der Waals surface area contributed by atoms with Crippen LogP contribution in [0.3, 0.4) is 0 Å². The number of hydrogen-bond donors (Lipinski definition) is 2. The van der Waals surface area contributed by atoms with E-state index in [4.69, 9.17) is 0 Å². The Balaban J connectivity index is 1.92. The predicted octanol–water partition coefficient (Wildman–Crippen LogP) is 2.34. The number of carbonyl (C=O) groups is 1. The molecule has 2 N–H and O–H groups in total. The first kappa shape index (κ1) is 13.1. The fraction of sp³-hybridized carbons (Fsp3) is 0.375. The Morgan fingerprint density at radius 1 is 1.35 bits per heavy atom. The Morgan fingerprint density at radius 2 is 2.15 bits per heavy atom. The van der Waals surface area contributed by atoms with E-state index in [0.717, 1.165) is 35.4 Å². The minimum Gasteiger partial charge on any atom is -0.325 e. The predicted molar refractivity (Wildman–Crippen MR) is 80.6 cm³/mol. The van der Waals surface area contributed by atoms with Crippen molar-refractivity contribution >= 4 is 22.5 Å². The van der Waals surface area contributed by atoms with Crippen LogP contribution >= 0.6 is 0 Å². The van der Waals surface area contributed by atoms with Gasteiger partial charge in [0.15, 0.2) is 0 Å². The van der Waals surface area contributed by atoms with Crippen molar-refractivity contribution in [2.24, 2.45) is 11.8 Å². The van der Waals surface area contributed by atoms with Crippen LogP contribution in [-0.4, -0.2) is 24.0 Å². The Bertz CT molecular complexity index is 653. The number of amides is 1. The normalized spacial score (nSPS) is 22.1. The maximum atomic E-state index is 12.4. The molecule has 0 unspecified atom stereocenters. The molecule has 3 rings (SSSR count). The molecule has 1 aliphatic rings. The van der Waals surface area contributed by atoms with Crippen molar-refractivity contribution in [3.63, 3.8) is 0 Å². The molecule has 1 aromatic heterocycles. The Morgan fingerprint density at radius 3 is 2.90 bits per heavy atom. The number of fused-ring (bicyclic) bond motifs is 1. The van der Waals surface area contributed by atoms with Gasteiger partial charge in [0.1, 0.15) is 0 Å². The van der Waals surface area contributed by atoms with Gasteiger partial charge in [-0.05, 0) is 31.5 Å². The lowest BCUT2D eigenvalue weighted by Crippen LogP contribution is -2.28. The molecule has 20 heavy (non-hydrogen) atoms. The first-order valence-corrected chi connectivity index (χ1v) is 7.03. The molecule has 4 heteroatoms. The van der Waals surface area contributed by atoms with Crippen molar-refractivity contribution in [1.82, 2.24) is 10.3 Å². The molecule has 0 radical (unpaired) electrons. The molecule has 0 aliphatic carbocycles. The first-order valence-electron chi connectivity index (χ1n) is 7.03. The second kappa shape index (κ2) is 5.21. The molecule has 4 nitrogen and oxygen atoms in total. The van der Waals surface area contributed by atoms with Crippen molar-refractivity contribution in [3.05, 3.63) is 36.0 Å². The summed E-state index contributed by atoms with van der Waals surface area (Å²) in [6, 6.07) is 9.83. The van der Waals surface area contributed by atoms with E-state index < -0.39 is 0 Å². The van der Waals surface area contributed by atoms with Crippen LogP contribution in [0.4, 0.5) is 5.69 Å². The van der Waals surface area contributed by atoms with Gasteiger partial charge in [-0.15, -0.1) is 0 Å². The van der Waals surface area contributed by atoms with Crippen LogP contribution in [0.15, 0.2) is 30.3 Å². The molecule has 104 valence electrons. The molecule has 0 spiro atoms. The summed E-state index contributed by atoms with van der Waals surface area (Å²) < 4.78 is 0. The zero-order valence-corrected chi connectivity index (χ0v) is 11.8. The molecule has 0 saturated carbocycles. The number of hydrogen-bond acceptors (Lipinski definition) is 3. The maximum Gasteiger partial charge on any atom is 0.229 e. The number of nitrogens with zero attached hydrogens (tertiary/aromatic N) is 1. The lowest BCUT2D eigenvalue weighted by atomic mass is 9.97. The summed E-state index contributed by atoms with van der Waals surface area (Å²) in [6.07, 6.45) is 0. The van der Waals surface area contributed by atoms with Crippen LogP contribution in [0.1, 0.15) is 12.6 Å². The summed E-state index contributed by atoms with van der Waals surface area (Å²) in [5.41, 5.74) is 2.69. The Labute approximate surface area is 118 Å². The van der Waals surface area contributed by atoms with Gasteiger partial charge in [-0.2, -0.15) is 0 Å². The molecule has 1 aromatic carbocycles. The van der Waals surface area contributed by atoms with E-state index in [1.807, 2.05) is 37.3 Å². The van der Waals surface area contributed by atoms with E-state index >= 15 is 0 Å². The third kappa shape index (κ3) is 2.39. The summed E-state index contributed by atoms with van der Waals surface area (Å²) in [5.74, 6) is 0.518. The van der Waals surface area contributed by atoms with E-state index in [1.165, 1.54) is 0 Å². The molecular weight excluding hydrogens is 250 g/mol. The van der Waals surface area contributed by atoms with E-state index in [1.54, 1.807) is 0 Å². The maximum absolute atomic E-state index is 12.4.